The molecule has 0 radical (unpaired) electrons. The first-order valence-electron chi connectivity index (χ1n) is 7.98. The Morgan fingerprint density at radius 2 is 1.73 bits per heavy atom. The molecular formula is C16H34BrNO3Si. The van der Waals surface area contributed by atoms with Gasteiger partial charge in [-0.25, -0.2) is 4.79 Å². The van der Waals surface area contributed by atoms with E-state index in [0.29, 0.717) is 6.61 Å². The zero-order chi connectivity index (χ0) is 17.6. The summed E-state index contributed by atoms with van der Waals surface area (Å²) in [5.41, 5.74) is -0.482. The summed E-state index contributed by atoms with van der Waals surface area (Å²) < 4.78 is 11.6. The van der Waals surface area contributed by atoms with Gasteiger partial charge >= 0.3 is 6.09 Å². The average Bonchev–Trinajstić information content (AvgIpc) is 2.28. The molecule has 4 nitrogen and oxygen atoms in total. The van der Waals surface area contributed by atoms with Crippen LogP contribution in [-0.4, -0.2) is 38.0 Å². The summed E-state index contributed by atoms with van der Waals surface area (Å²) in [6, 6.07) is -0.0125. The highest BCUT2D eigenvalue weighted by Gasteiger charge is 2.37. The van der Waals surface area contributed by atoms with Crippen molar-refractivity contribution in [2.24, 2.45) is 0 Å². The highest BCUT2D eigenvalue weighted by atomic mass is 79.9. The number of hydrogen-bond acceptors (Lipinski definition) is 3. The lowest BCUT2D eigenvalue weighted by molar-refractivity contribution is 0.0481. The van der Waals surface area contributed by atoms with Crippen LogP contribution in [0.15, 0.2) is 0 Å². The van der Waals surface area contributed by atoms with E-state index >= 15 is 0 Å². The number of carbonyl (C=O) groups excluding carboxylic acids is 1. The van der Waals surface area contributed by atoms with Gasteiger partial charge in [0.1, 0.15) is 5.60 Å². The summed E-state index contributed by atoms with van der Waals surface area (Å²) in [6.45, 7) is 17.2. The molecule has 0 spiro atoms. The topological polar surface area (TPSA) is 47.6 Å². The number of halogens is 1. The number of hydrogen-bond donors (Lipinski definition) is 1. The highest BCUT2D eigenvalue weighted by Crippen LogP contribution is 2.36. The van der Waals surface area contributed by atoms with E-state index < -0.39 is 13.9 Å². The number of nitrogens with one attached hydrogen (secondary N) is 1. The molecule has 0 aliphatic carbocycles. The van der Waals surface area contributed by atoms with E-state index in [0.717, 1.165) is 18.2 Å². The molecule has 0 aromatic heterocycles. The lowest BCUT2D eigenvalue weighted by atomic mass is 10.2. The molecular weight excluding hydrogens is 362 g/mol. The molecule has 0 fully saturated rings. The Bertz CT molecular complexity index is 348. The van der Waals surface area contributed by atoms with Gasteiger partial charge in [-0.1, -0.05) is 36.7 Å². The van der Waals surface area contributed by atoms with Crippen LogP contribution in [0.2, 0.25) is 18.1 Å². The second-order valence-corrected chi connectivity index (χ2v) is 13.8. The largest absolute Gasteiger partial charge is 0.444 e. The third-order valence-electron chi connectivity index (χ3n) is 3.86. The Hall–Kier alpha value is -0.0731. The predicted octanol–water partition coefficient (Wildman–Crippen LogP) is 5.08. The summed E-state index contributed by atoms with van der Waals surface area (Å²) in [6.07, 6.45) is 1.49. The fraction of sp³-hybridized carbons (Fsp3) is 0.938. The zero-order valence-electron chi connectivity index (χ0n) is 15.5. The Labute approximate surface area is 146 Å². The number of alkyl halides is 1. The van der Waals surface area contributed by atoms with Crippen molar-refractivity contribution in [2.75, 3.05) is 11.9 Å². The predicted molar refractivity (Wildman–Crippen MR) is 99.3 cm³/mol. The average molecular weight is 396 g/mol. The molecule has 0 aromatic rings. The van der Waals surface area contributed by atoms with Crippen molar-refractivity contribution < 1.29 is 14.0 Å². The maximum atomic E-state index is 12.0. The van der Waals surface area contributed by atoms with Crippen LogP contribution < -0.4 is 5.32 Å². The minimum atomic E-state index is -1.81. The maximum absolute atomic E-state index is 12.0. The van der Waals surface area contributed by atoms with Crippen molar-refractivity contribution in [1.82, 2.24) is 5.32 Å². The first-order valence-corrected chi connectivity index (χ1v) is 12.0. The first-order chi connectivity index (χ1) is 9.78. The first kappa shape index (κ1) is 21.9. The van der Waals surface area contributed by atoms with Gasteiger partial charge in [-0.2, -0.15) is 0 Å². The Morgan fingerprint density at radius 1 is 1.18 bits per heavy atom. The molecule has 0 heterocycles. The van der Waals surface area contributed by atoms with Crippen LogP contribution in [0.5, 0.6) is 0 Å². The van der Waals surface area contributed by atoms with Gasteiger partial charge in [0.15, 0.2) is 8.32 Å². The van der Waals surface area contributed by atoms with Crippen molar-refractivity contribution in [3.05, 3.63) is 0 Å². The molecule has 0 saturated heterocycles. The number of carbonyl (C=O) groups is 1. The van der Waals surface area contributed by atoms with Gasteiger partial charge in [0, 0.05) is 5.33 Å². The highest BCUT2D eigenvalue weighted by molar-refractivity contribution is 9.09. The van der Waals surface area contributed by atoms with Crippen LogP contribution >= 0.6 is 15.9 Å². The van der Waals surface area contributed by atoms with E-state index in [4.69, 9.17) is 9.16 Å². The number of rotatable bonds is 7. The quantitative estimate of drug-likeness (QED) is 0.482. The van der Waals surface area contributed by atoms with Gasteiger partial charge in [-0.05, 0) is 51.7 Å². The summed E-state index contributed by atoms with van der Waals surface area (Å²) in [4.78, 5) is 12.0. The van der Waals surface area contributed by atoms with Crippen molar-refractivity contribution in [3.8, 4) is 0 Å². The number of amides is 1. The summed E-state index contributed by atoms with van der Waals surface area (Å²) in [7, 11) is -1.81. The standard InChI is InChI=1S/C16H34BrNO3Si/c1-15(2,3)21-14(19)18-13(10-9-11-17)12-20-22(7,8)16(4,5)6/h13H,9-12H2,1-8H3,(H,18,19)/t13-/m0/s1. The molecule has 132 valence electrons. The van der Waals surface area contributed by atoms with Gasteiger partial charge in [0.05, 0.1) is 12.6 Å². The Balaban J connectivity index is 4.62. The van der Waals surface area contributed by atoms with Crippen molar-refractivity contribution in [3.63, 3.8) is 0 Å². The summed E-state index contributed by atoms with van der Waals surface area (Å²) >= 11 is 3.44. The van der Waals surface area contributed by atoms with Gasteiger partial charge in [-0.3, -0.25) is 0 Å². The Kier molecular flexibility index (Phi) is 8.66. The maximum Gasteiger partial charge on any atom is 0.407 e. The second-order valence-electron chi connectivity index (χ2n) is 8.25. The molecule has 0 bridgehead atoms. The van der Waals surface area contributed by atoms with Crippen LogP contribution in [0, 0.1) is 0 Å². The van der Waals surface area contributed by atoms with Crippen molar-refractivity contribution in [2.45, 2.75) is 84.2 Å². The summed E-state index contributed by atoms with van der Waals surface area (Å²) in [5, 5.41) is 4.03. The van der Waals surface area contributed by atoms with E-state index in [-0.39, 0.29) is 17.2 Å². The Morgan fingerprint density at radius 3 is 2.14 bits per heavy atom. The second kappa shape index (κ2) is 8.69. The molecule has 0 aliphatic rings. The molecule has 0 aliphatic heterocycles. The third kappa shape index (κ3) is 9.15. The van der Waals surface area contributed by atoms with Crippen LogP contribution in [0.1, 0.15) is 54.4 Å². The minimum absolute atomic E-state index is 0.0125. The SMILES string of the molecule is CC(C)(C)OC(=O)N[C@@H](CCCBr)CO[Si](C)(C)C(C)(C)C. The lowest BCUT2D eigenvalue weighted by Crippen LogP contribution is -2.47. The van der Waals surface area contributed by atoms with Crippen molar-refractivity contribution in [1.29, 1.82) is 0 Å². The van der Waals surface area contributed by atoms with Crippen molar-refractivity contribution >= 4 is 30.3 Å². The van der Waals surface area contributed by atoms with E-state index in [1.54, 1.807) is 0 Å². The molecule has 0 unspecified atom stereocenters. The normalized spacial score (nSPS) is 14.6. The molecule has 0 aromatic carbocycles. The smallest absolute Gasteiger partial charge is 0.407 e. The third-order valence-corrected chi connectivity index (χ3v) is 8.92. The van der Waals surface area contributed by atoms with Gasteiger partial charge in [0.25, 0.3) is 0 Å². The molecule has 22 heavy (non-hydrogen) atoms. The zero-order valence-corrected chi connectivity index (χ0v) is 18.1. The van der Waals surface area contributed by atoms with Gasteiger partial charge in [0.2, 0.25) is 0 Å². The molecule has 0 rings (SSSR count). The van der Waals surface area contributed by atoms with Gasteiger partial charge in [-0.15, -0.1) is 0 Å². The van der Waals surface area contributed by atoms with E-state index in [1.807, 2.05) is 20.8 Å². The minimum Gasteiger partial charge on any atom is -0.444 e. The van der Waals surface area contributed by atoms with Crippen LogP contribution in [0.25, 0.3) is 0 Å². The lowest BCUT2D eigenvalue weighted by Gasteiger charge is -2.37. The molecule has 0 saturated carbocycles. The fourth-order valence-corrected chi connectivity index (χ4v) is 2.89. The van der Waals surface area contributed by atoms with Crippen LogP contribution in [0.4, 0.5) is 4.79 Å². The molecule has 1 N–H and O–H groups in total. The monoisotopic (exact) mass is 395 g/mol. The molecule has 6 heteroatoms. The van der Waals surface area contributed by atoms with Crippen LogP contribution in [0.3, 0.4) is 0 Å². The molecule has 1 amide bonds. The van der Waals surface area contributed by atoms with Crippen LogP contribution in [-0.2, 0) is 9.16 Å². The number of ether oxygens (including phenoxy) is 1. The summed E-state index contributed by atoms with van der Waals surface area (Å²) in [5.74, 6) is 0. The molecule has 1 atom stereocenters. The van der Waals surface area contributed by atoms with E-state index in [2.05, 4.69) is 55.1 Å². The number of alkyl carbamates (subject to hydrolysis) is 1. The fourth-order valence-electron chi connectivity index (χ4n) is 1.52. The van der Waals surface area contributed by atoms with E-state index in [9.17, 15) is 4.79 Å². The van der Waals surface area contributed by atoms with E-state index in [1.165, 1.54) is 0 Å². The van der Waals surface area contributed by atoms with Gasteiger partial charge < -0.3 is 14.5 Å².